The van der Waals surface area contributed by atoms with Gasteiger partial charge in [0.25, 0.3) is 0 Å². The van der Waals surface area contributed by atoms with Gasteiger partial charge in [-0.15, -0.1) is 0 Å². The summed E-state index contributed by atoms with van der Waals surface area (Å²) in [5, 5.41) is 8.73. The average Bonchev–Trinajstić information content (AvgIpc) is 2.61. The van der Waals surface area contributed by atoms with Gasteiger partial charge in [-0.1, -0.05) is 0 Å². The molecule has 0 unspecified atom stereocenters. The summed E-state index contributed by atoms with van der Waals surface area (Å²) in [6, 6.07) is 7.11. The zero-order chi connectivity index (χ0) is 16.8. The molecule has 0 radical (unpaired) electrons. The summed E-state index contributed by atoms with van der Waals surface area (Å²) in [6.07, 6.45) is 0.551. The third kappa shape index (κ3) is 2.96. The summed E-state index contributed by atoms with van der Waals surface area (Å²) in [5.41, 5.74) is 0.628. The molecule has 0 aliphatic carbocycles. The van der Waals surface area contributed by atoms with Crippen LogP contribution in [0.15, 0.2) is 18.2 Å². The second kappa shape index (κ2) is 5.50. The smallest absolute Gasteiger partial charge is 0.399 e. The number of hydrogen-bond acceptors (Lipinski definition) is 4. The van der Waals surface area contributed by atoms with Crippen LogP contribution in [0.5, 0.6) is 0 Å². The van der Waals surface area contributed by atoms with Crippen molar-refractivity contribution in [1.29, 1.82) is 5.26 Å². The van der Waals surface area contributed by atoms with E-state index < -0.39 is 18.3 Å². The van der Waals surface area contributed by atoms with E-state index >= 15 is 0 Å². The Labute approximate surface area is 137 Å². The lowest BCUT2D eigenvalue weighted by molar-refractivity contribution is 0.00578. The van der Waals surface area contributed by atoms with Gasteiger partial charge in [-0.05, 0) is 51.4 Å². The Morgan fingerprint density at radius 1 is 1.22 bits per heavy atom. The Bertz CT molecular complexity index is 634. The maximum Gasteiger partial charge on any atom is 0.495 e. The van der Waals surface area contributed by atoms with Gasteiger partial charge in [0.2, 0.25) is 0 Å². The van der Waals surface area contributed by atoms with E-state index in [4.69, 9.17) is 14.6 Å². The summed E-state index contributed by atoms with van der Waals surface area (Å²) in [5.74, 6) is 0.0829. The molecule has 3 rings (SSSR count). The normalized spacial score (nSPS) is 22.8. The van der Waals surface area contributed by atoms with Gasteiger partial charge in [0.15, 0.2) is 0 Å². The molecule has 2 aliphatic heterocycles. The first-order valence-electron chi connectivity index (χ1n) is 8.00. The molecule has 0 amide bonds. The number of rotatable bonds is 3. The second-order valence-electron chi connectivity index (χ2n) is 7.46. The van der Waals surface area contributed by atoms with Gasteiger partial charge < -0.3 is 14.2 Å². The van der Waals surface area contributed by atoms with Gasteiger partial charge in [0.1, 0.15) is 5.82 Å². The van der Waals surface area contributed by atoms with Crippen molar-refractivity contribution in [3.05, 3.63) is 24.0 Å². The fraction of sp³-hybridized carbons (Fsp3) is 0.588. The Morgan fingerprint density at radius 2 is 1.83 bits per heavy atom. The average molecular weight is 316 g/mol. The molecule has 0 aromatic heterocycles. The Kier molecular flexibility index (Phi) is 3.90. The highest BCUT2D eigenvalue weighted by Crippen LogP contribution is 2.37. The van der Waals surface area contributed by atoms with Gasteiger partial charge in [0, 0.05) is 31.1 Å². The van der Waals surface area contributed by atoms with Gasteiger partial charge in [-0.3, -0.25) is 0 Å². The number of hydrogen-bond donors (Lipinski definition) is 0. The minimum atomic E-state index is -0.564. The van der Waals surface area contributed by atoms with Crippen LogP contribution in [0, 0.1) is 23.1 Å². The lowest BCUT2D eigenvalue weighted by atomic mass is 9.78. The molecule has 122 valence electrons. The summed E-state index contributed by atoms with van der Waals surface area (Å²) in [6.45, 7) is 9.51. The summed E-state index contributed by atoms with van der Waals surface area (Å²) >= 11 is 0. The number of benzene rings is 1. The van der Waals surface area contributed by atoms with Gasteiger partial charge in [-0.25, -0.2) is 4.39 Å². The molecule has 23 heavy (non-hydrogen) atoms. The standard InChI is InChI=1S/C17H22BFN2O2/c1-16(2)17(3,4)23-18(22-16)13-7-14(19)9-15(8-13)21-10-12(11-21)5-6-20/h7-9,12H,5,10-11H2,1-4H3. The molecule has 1 aromatic carbocycles. The first-order chi connectivity index (χ1) is 10.7. The molecule has 1 aromatic rings. The van der Waals surface area contributed by atoms with Crippen LogP contribution in [0.1, 0.15) is 34.1 Å². The number of halogens is 1. The maximum atomic E-state index is 14.0. The Balaban J connectivity index is 1.79. The SMILES string of the molecule is CC1(C)OB(c2cc(F)cc(N3CC(CC#N)C3)c2)OC1(C)C. The van der Waals surface area contributed by atoms with E-state index in [0.717, 1.165) is 18.8 Å². The topological polar surface area (TPSA) is 45.5 Å². The van der Waals surface area contributed by atoms with Crippen molar-refractivity contribution >= 4 is 18.3 Å². The van der Waals surface area contributed by atoms with E-state index in [1.807, 2.05) is 33.8 Å². The predicted octanol–water partition coefficient (Wildman–Crippen LogP) is 2.47. The molecule has 0 atom stereocenters. The van der Waals surface area contributed by atoms with Crippen LogP contribution in [0.2, 0.25) is 0 Å². The highest BCUT2D eigenvalue weighted by atomic mass is 19.1. The summed E-state index contributed by atoms with van der Waals surface area (Å²) in [4.78, 5) is 2.08. The largest absolute Gasteiger partial charge is 0.495 e. The molecule has 0 saturated carbocycles. The van der Waals surface area contributed by atoms with Crippen molar-refractivity contribution in [3.63, 3.8) is 0 Å². The van der Waals surface area contributed by atoms with E-state index in [0.29, 0.717) is 17.8 Å². The minimum Gasteiger partial charge on any atom is -0.399 e. The number of anilines is 1. The number of nitriles is 1. The van der Waals surface area contributed by atoms with E-state index in [-0.39, 0.29) is 5.82 Å². The van der Waals surface area contributed by atoms with Crippen molar-refractivity contribution in [2.75, 3.05) is 18.0 Å². The van der Waals surface area contributed by atoms with Crippen LogP contribution in [0.3, 0.4) is 0 Å². The molecule has 0 bridgehead atoms. The lowest BCUT2D eigenvalue weighted by Gasteiger charge is -2.40. The molecule has 2 heterocycles. The highest BCUT2D eigenvalue weighted by Gasteiger charge is 2.51. The van der Waals surface area contributed by atoms with Gasteiger partial charge in [-0.2, -0.15) is 5.26 Å². The van der Waals surface area contributed by atoms with Crippen molar-refractivity contribution in [2.24, 2.45) is 5.92 Å². The van der Waals surface area contributed by atoms with Crippen molar-refractivity contribution in [2.45, 2.75) is 45.3 Å². The quantitative estimate of drug-likeness (QED) is 0.804. The summed E-state index contributed by atoms with van der Waals surface area (Å²) in [7, 11) is -0.564. The summed E-state index contributed by atoms with van der Waals surface area (Å²) < 4.78 is 26.0. The van der Waals surface area contributed by atoms with E-state index in [9.17, 15) is 4.39 Å². The molecule has 4 nitrogen and oxygen atoms in total. The fourth-order valence-corrected chi connectivity index (χ4v) is 2.93. The molecular formula is C17H22BFN2O2. The molecule has 0 spiro atoms. The van der Waals surface area contributed by atoms with Crippen LogP contribution < -0.4 is 10.4 Å². The second-order valence-corrected chi connectivity index (χ2v) is 7.46. The first kappa shape index (κ1) is 16.3. The van der Waals surface area contributed by atoms with Crippen LogP contribution >= 0.6 is 0 Å². The van der Waals surface area contributed by atoms with Crippen molar-refractivity contribution in [3.8, 4) is 6.07 Å². The van der Waals surface area contributed by atoms with E-state index in [1.54, 1.807) is 0 Å². The monoisotopic (exact) mass is 316 g/mol. The molecule has 2 fully saturated rings. The van der Waals surface area contributed by atoms with Crippen LogP contribution in [0.25, 0.3) is 0 Å². The number of nitrogens with zero attached hydrogens (tertiary/aromatic N) is 2. The Hall–Kier alpha value is -1.58. The zero-order valence-electron chi connectivity index (χ0n) is 14.1. The molecule has 2 aliphatic rings. The van der Waals surface area contributed by atoms with Crippen LogP contribution in [-0.4, -0.2) is 31.4 Å². The van der Waals surface area contributed by atoms with Crippen LogP contribution in [0.4, 0.5) is 10.1 Å². The maximum absolute atomic E-state index is 14.0. The lowest BCUT2D eigenvalue weighted by Crippen LogP contribution is -2.47. The van der Waals surface area contributed by atoms with Gasteiger partial charge in [0.05, 0.1) is 17.3 Å². The van der Waals surface area contributed by atoms with Crippen LogP contribution in [-0.2, 0) is 9.31 Å². The zero-order valence-corrected chi connectivity index (χ0v) is 14.1. The minimum absolute atomic E-state index is 0.295. The third-order valence-corrected chi connectivity index (χ3v) is 5.13. The third-order valence-electron chi connectivity index (χ3n) is 5.13. The highest BCUT2D eigenvalue weighted by molar-refractivity contribution is 6.62. The fourth-order valence-electron chi connectivity index (χ4n) is 2.93. The van der Waals surface area contributed by atoms with Gasteiger partial charge >= 0.3 is 7.12 Å². The van der Waals surface area contributed by atoms with Crippen molar-refractivity contribution < 1.29 is 13.7 Å². The van der Waals surface area contributed by atoms with Crippen molar-refractivity contribution in [1.82, 2.24) is 0 Å². The molecular weight excluding hydrogens is 294 g/mol. The van der Waals surface area contributed by atoms with E-state index in [2.05, 4.69) is 11.0 Å². The molecule has 2 saturated heterocycles. The molecule has 0 N–H and O–H groups in total. The predicted molar refractivity (Wildman–Crippen MR) is 88.0 cm³/mol. The van der Waals surface area contributed by atoms with E-state index in [1.165, 1.54) is 12.1 Å². The molecule has 6 heteroatoms. The Morgan fingerprint density at radius 3 is 2.39 bits per heavy atom. The first-order valence-corrected chi connectivity index (χ1v) is 8.00.